The minimum Gasteiger partial charge on any atom is -0.494 e. The van der Waals surface area contributed by atoms with Crippen molar-refractivity contribution < 1.29 is 13.9 Å². The van der Waals surface area contributed by atoms with Gasteiger partial charge in [0.15, 0.2) is 5.43 Å². The zero-order chi connectivity index (χ0) is 24.9. The van der Waals surface area contributed by atoms with Crippen molar-refractivity contribution in [3.63, 3.8) is 0 Å². The molecule has 1 aliphatic heterocycles. The third-order valence-corrected chi connectivity index (χ3v) is 7.00. The Balaban J connectivity index is 1.74. The quantitative estimate of drug-likeness (QED) is 0.307. The molecule has 5 nitrogen and oxygen atoms in total. The summed E-state index contributed by atoms with van der Waals surface area (Å²) in [4.78, 5) is 29.2. The predicted octanol–water partition coefficient (Wildman–Crippen LogP) is 6.91. The van der Waals surface area contributed by atoms with Gasteiger partial charge >= 0.3 is 0 Å². The highest BCUT2D eigenvalue weighted by Crippen LogP contribution is 2.42. The lowest BCUT2D eigenvalue weighted by Crippen LogP contribution is -2.29. The number of carbonyl (C=O) groups is 1. The van der Waals surface area contributed by atoms with Crippen LogP contribution in [0.3, 0.4) is 0 Å². The molecule has 0 saturated carbocycles. The molecule has 1 amide bonds. The fourth-order valence-corrected chi connectivity index (χ4v) is 4.68. The van der Waals surface area contributed by atoms with Crippen LogP contribution in [0.1, 0.15) is 57.8 Å². The van der Waals surface area contributed by atoms with E-state index in [9.17, 15) is 9.59 Å². The van der Waals surface area contributed by atoms with Gasteiger partial charge in [-0.25, -0.2) is 0 Å². The van der Waals surface area contributed by atoms with Crippen LogP contribution in [0.15, 0.2) is 63.8 Å². The maximum absolute atomic E-state index is 13.8. The van der Waals surface area contributed by atoms with Gasteiger partial charge in [-0.1, -0.05) is 36.7 Å². The van der Waals surface area contributed by atoms with Crippen molar-refractivity contribution in [1.29, 1.82) is 0 Å². The zero-order valence-corrected chi connectivity index (χ0v) is 20.9. The SMILES string of the molecule is CCCOc1ccc(C2c3c(oc4cc(C)c(C)cc4c3=O)C(=O)N2c2ccc(C)c(Cl)c2)cc1. The highest BCUT2D eigenvalue weighted by molar-refractivity contribution is 6.31. The number of nitrogens with zero attached hydrogens (tertiary/aromatic N) is 1. The number of amides is 1. The lowest BCUT2D eigenvalue weighted by atomic mass is 9.97. The number of carbonyl (C=O) groups excluding carboxylic acids is 1. The fourth-order valence-electron chi connectivity index (χ4n) is 4.51. The first-order chi connectivity index (χ1) is 16.8. The number of hydrogen-bond donors (Lipinski definition) is 0. The van der Waals surface area contributed by atoms with Gasteiger partial charge in [0.2, 0.25) is 5.76 Å². The first-order valence-corrected chi connectivity index (χ1v) is 12.1. The minimum absolute atomic E-state index is 0.0683. The highest BCUT2D eigenvalue weighted by Gasteiger charge is 2.43. The summed E-state index contributed by atoms with van der Waals surface area (Å²) in [6, 6.07) is 16.0. The average molecular weight is 488 g/mol. The number of fused-ring (bicyclic) bond motifs is 2. The van der Waals surface area contributed by atoms with E-state index in [1.54, 1.807) is 11.0 Å². The summed E-state index contributed by atoms with van der Waals surface area (Å²) < 4.78 is 11.8. The molecule has 0 radical (unpaired) electrons. The van der Waals surface area contributed by atoms with Crippen molar-refractivity contribution in [3.05, 3.63) is 103 Å². The van der Waals surface area contributed by atoms with Gasteiger partial charge in [-0.05, 0) is 85.8 Å². The van der Waals surface area contributed by atoms with Crippen LogP contribution in [-0.4, -0.2) is 12.5 Å². The van der Waals surface area contributed by atoms with Crippen LogP contribution in [0.25, 0.3) is 11.0 Å². The number of aryl methyl sites for hydroxylation is 3. The van der Waals surface area contributed by atoms with E-state index in [-0.39, 0.29) is 17.1 Å². The van der Waals surface area contributed by atoms with Gasteiger partial charge in [-0.3, -0.25) is 14.5 Å². The van der Waals surface area contributed by atoms with E-state index in [2.05, 4.69) is 0 Å². The fraction of sp³-hybridized carbons (Fsp3) is 0.241. The van der Waals surface area contributed by atoms with Gasteiger partial charge < -0.3 is 9.15 Å². The molecule has 1 unspecified atom stereocenters. The molecule has 4 aromatic rings. The molecule has 1 atom stereocenters. The summed E-state index contributed by atoms with van der Waals surface area (Å²) in [7, 11) is 0. The van der Waals surface area contributed by atoms with Crippen molar-refractivity contribution in [2.24, 2.45) is 0 Å². The number of halogens is 1. The normalized spacial score (nSPS) is 15.1. The maximum Gasteiger partial charge on any atom is 0.295 e. The first-order valence-electron chi connectivity index (χ1n) is 11.7. The summed E-state index contributed by atoms with van der Waals surface area (Å²) in [6.45, 7) is 8.48. The zero-order valence-electron chi connectivity index (χ0n) is 20.1. The molecule has 35 heavy (non-hydrogen) atoms. The summed E-state index contributed by atoms with van der Waals surface area (Å²) >= 11 is 6.43. The van der Waals surface area contributed by atoms with Crippen LogP contribution >= 0.6 is 11.6 Å². The molecule has 0 aliphatic carbocycles. The minimum atomic E-state index is -0.654. The van der Waals surface area contributed by atoms with E-state index in [0.29, 0.717) is 33.8 Å². The lowest BCUT2D eigenvalue weighted by molar-refractivity contribution is 0.0971. The topological polar surface area (TPSA) is 59.8 Å². The van der Waals surface area contributed by atoms with Gasteiger partial charge in [0.25, 0.3) is 5.91 Å². The molecular formula is C29H26ClNO4. The van der Waals surface area contributed by atoms with Gasteiger partial charge in [-0.2, -0.15) is 0 Å². The Labute approximate surface area is 208 Å². The van der Waals surface area contributed by atoms with Crippen LogP contribution in [0.4, 0.5) is 5.69 Å². The highest BCUT2D eigenvalue weighted by atomic mass is 35.5. The van der Waals surface area contributed by atoms with Crippen molar-refractivity contribution in [3.8, 4) is 5.75 Å². The number of ether oxygens (including phenoxy) is 1. The van der Waals surface area contributed by atoms with E-state index in [1.165, 1.54) is 0 Å². The molecule has 0 saturated heterocycles. The lowest BCUT2D eigenvalue weighted by Gasteiger charge is -2.26. The Kier molecular flexibility index (Phi) is 5.89. The first kappa shape index (κ1) is 23.2. The molecule has 2 heterocycles. The largest absolute Gasteiger partial charge is 0.494 e. The van der Waals surface area contributed by atoms with E-state index >= 15 is 0 Å². The molecule has 5 rings (SSSR count). The van der Waals surface area contributed by atoms with Crippen molar-refractivity contribution >= 4 is 34.2 Å². The van der Waals surface area contributed by atoms with E-state index in [0.717, 1.165) is 34.4 Å². The van der Waals surface area contributed by atoms with Gasteiger partial charge in [0.05, 0.1) is 23.6 Å². The van der Waals surface area contributed by atoms with Crippen molar-refractivity contribution in [1.82, 2.24) is 0 Å². The third kappa shape index (κ3) is 3.90. The number of rotatable bonds is 5. The summed E-state index contributed by atoms with van der Waals surface area (Å²) in [5.41, 5.74) is 4.82. The predicted molar refractivity (Wildman–Crippen MR) is 139 cm³/mol. The maximum atomic E-state index is 13.8. The standard InChI is InChI=1S/C29H26ClNO4/c1-5-12-34-21-10-7-19(8-11-21)26-25-27(32)22-13-17(3)18(4)14-24(22)35-28(25)29(33)31(26)20-9-6-16(2)23(30)15-20/h6-11,13-15,26H,5,12H2,1-4H3. The van der Waals surface area contributed by atoms with Gasteiger partial charge in [0.1, 0.15) is 11.3 Å². The Morgan fingerprint density at radius 2 is 1.66 bits per heavy atom. The molecule has 178 valence electrons. The van der Waals surface area contributed by atoms with Crippen LogP contribution in [0.2, 0.25) is 5.02 Å². The second-order valence-corrected chi connectivity index (χ2v) is 9.44. The van der Waals surface area contributed by atoms with E-state index in [1.807, 2.05) is 76.2 Å². The number of benzene rings is 3. The molecular weight excluding hydrogens is 462 g/mol. The van der Waals surface area contributed by atoms with E-state index < -0.39 is 6.04 Å². The molecule has 0 bridgehead atoms. The van der Waals surface area contributed by atoms with Crippen LogP contribution in [0.5, 0.6) is 5.75 Å². The molecule has 6 heteroatoms. The van der Waals surface area contributed by atoms with Crippen LogP contribution < -0.4 is 15.1 Å². The van der Waals surface area contributed by atoms with Gasteiger partial charge in [0, 0.05) is 10.7 Å². The van der Waals surface area contributed by atoms with Crippen LogP contribution in [-0.2, 0) is 0 Å². The second-order valence-electron chi connectivity index (χ2n) is 9.04. The Hall–Kier alpha value is -3.57. The molecule has 0 spiro atoms. The van der Waals surface area contributed by atoms with Crippen LogP contribution in [0, 0.1) is 20.8 Å². The molecule has 3 aromatic carbocycles. The Morgan fingerprint density at radius 1 is 0.943 bits per heavy atom. The Bertz CT molecular complexity index is 1520. The summed E-state index contributed by atoms with van der Waals surface area (Å²) in [5, 5.41) is 1.01. The van der Waals surface area contributed by atoms with E-state index in [4.69, 9.17) is 20.8 Å². The van der Waals surface area contributed by atoms with Gasteiger partial charge in [-0.15, -0.1) is 0 Å². The number of hydrogen-bond acceptors (Lipinski definition) is 4. The molecule has 1 aliphatic rings. The summed E-state index contributed by atoms with van der Waals surface area (Å²) in [5.74, 6) is 0.439. The Morgan fingerprint density at radius 3 is 2.34 bits per heavy atom. The summed E-state index contributed by atoms with van der Waals surface area (Å²) in [6.07, 6.45) is 0.904. The average Bonchev–Trinajstić information content (AvgIpc) is 3.13. The smallest absolute Gasteiger partial charge is 0.295 e. The second kappa shape index (κ2) is 8.90. The monoisotopic (exact) mass is 487 g/mol. The molecule has 1 aromatic heterocycles. The molecule has 0 fully saturated rings. The third-order valence-electron chi connectivity index (χ3n) is 6.59. The molecule has 0 N–H and O–H groups in total. The number of anilines is 1. The van der Waals surface area contributed by atoms with Crippen molar-refractivity contribution in [2.75, 3.05) is 11.5 Å². The van der Waals surface area contributed by atoms with Crippen molar-refractivity contribution in [2.45, 2.75) is 40.2 Å².